The van der Waals surface area contributed by atoms with E-state index in [0.29, 0.717) is 11.3 Å². The van der Waals surface area contributed by atoms with Crippen molar-refractivity contribution in [3.05, 3.63) is 22.9 Å². The van der Waals surface area contributed by atoms with Crippen LogP contribution in [-0.4, -0.2) is 35.3 Å². The Kier molecular flexibility index (Phi) is 4.39. The van der Waals surface area contributed by atoms with E-state index in [1.165, 1.54) is 13.0 Å². The lowest BCUT2D eigenvalue weighted by Crippen LogP contribution is -2.36. The van der Waals surface area contributed by atoms with Gasteiger partial charge in [0.25, 0.3) is 0 Å². The standard InChI is InChI=1S/C12H15F3N2O2/c1-4-17(6-12(13,14)15)10-9(11(18)19)7(2)5-8(3)16-10/h5H,4,6H2,1-3H3,(H,18,19). The monoisotopic (exact) mass is 276 g/mol. The molecule has 0 amide bonds. The van der Waals surface area contributed by atoms with E-state index in [-0.39, 0.29) is 17.9 Å². The fourth-order valence-electron chi connectivity index (χ4n) is 1.86. The molecule has 0 bridgehead atoms. The summed E-state index contributed by atoms with van der Waals surface area (Å²) >= 11 is 0. The maximum Gasteiger partial charge on any atom is 0.405 e. The van der Waals surface area contributed by atoms with Crippen LogP contribution in [0, 0.1) is 13.8 Å². The molecular formula is C12H15F3N2O2. The van der Waals surface area contributed by atoms with Crippen LogP contribution in [0.5, 0.6) is 0 Å². The van der Waals surface area contributed by atoms with Gasteiger partial charge in [0, 0.05) is 12.2 Å². The highest BCUT2D eigenvalue weighted by Gasteiger charge is 2.32. The third kappa shape index (κ3) is 3.84. The highest BCUT2D eigenvalue weighted by Crippen LogP contribution is 2.26. The van der Waals surface area contributed by atoms with Gasteiger partial charge in [-0.2, -0.15) is 13.2 Å². The first-order chi connectivity index (χ1) is 8.65. The molecule has 0 aliphatic rings. The Morgan fingerprint density at radius 3 is 2.42 bits per heavy atom. The van der Waals surface area contributed by atoms with Gasteiger partial charge in [-0.05, 0) is 32.4 Å². The second kappa shape index (κ2) is 5.46. The van der Waals surface area contributed by atoms with E-state index in [1.54, 1.807) is 13.8 Å². The summed E-state index contributed by atoms with van der Waals surface area (Å²) in [4.78, 5) is 16.1. The molecule has 0 saturated carbocycles. The highest BCUT2D eigenvalue weighted by atomic mass is 19.4. The molecule has 1 aromatic rings. The van der Waals surface area contributed by atoms with Gasteiger partial charge in [0.1, 0.15) is 17.9 Å². The zero-order valence-corrected chi connectivity index (χ0v) is 10.9. The van der Waals surface area contributed by atoms with Crippen molar-refractivity contribution in [2.75, 3.05) is 18.0 Å². The second-order valence-electron chi connectivity index (χ2n) is 4.21. The van der Waals surface area contributed by atoms with Crippen LogP contribution in [0.25, 0.3) is 0 Å². The lowest BCUT2D eigenvalue weighted by molar-refractivity contribution is -0.119. The number of nitrogens with zero attached hydrogens (tertiary/aromatic N) is 2. The van der Waals surface area contributed by atoms with Crippen molar-refractivity contribution in [3.63, 3.8) is 0 Å². The van der Waals surface area contributed by atoms with Crippen LogP contribution in [0.4, 0.5) is 19.0 Å². The molecular weight excluding hydrogens is 261 g/mol. The number of aromatic nitrogens is 1. The van der Waals surface area contributed by atoms with E-state index in [2.05, 4.69) is 4.98 Å². The minimum Gasteiger partial charge on any atom is -0.478 e. The number of rotatable bonds is 4. The van der Waals surface area contributed by atoms with E-state index < -0.39 is 18.7 Å². The summed E-state index contributed by atoms with van der Waals surface area (Å²) in [6.07, 6.45) is -4.41. The van der Waals surface area contributed by atoms with E-state index in [0.717, 1.165) is 4.90 Å². The van der Waals surface area contributed by atoms with Crippen LogP contribution >= 0.6 is 0 Å². The van der Waals surface area contributed by atoms with Crippen LogP contribution in [0.2, 0.25) is 0 Å². The van der Waals surface area contributed by atoms with Crippen molar-refractivity contribution in [1.29, 1.82) is 0 Å². The summed E-state index contributed by atoms with van der Waals surface area (Å²) in [5.74, 6) is -1.41. The molecule has 1 heterocycles. The highest BCUT2D eigenvalue weighted by molar-refractivity contribution is 5.95. The van der Waals surface area contributed by atoms with Gasteiger partial charge in [-0.1, -0.05) is 0 Å². The molecule has 0 aliphatic heterocycles. The molecule has 0 saturated heterocycles. The molecule has 1 aromatic heterocycles. The Bertz CT molecular complexity index is 487. The number of hydrogen-bond donors (Lipinski definition) is 1. The fourth-order valence-corrected chi connectivity index (χ4v) is 1.86. The summed E-state index contributed by atoms with van der Waals surface area (Å²) in [5.41, 5.74) is 0.699. The fraction of sp³-hybridized carbons (Fsp3) is 0.500. The Balaban J connectivity index is 3.33. The summed E-state index contributed by atoms with van der Waals surface area (Å²) in [6, 6.07) is 1.54. The van der Waals surface area contributed by atoms with E-state index in [1.807, 2.05) is 0 Å². The van der Waals surface area contributed by atoms with Crippen molar-refractivity contribution in [1.82, 2.24) is 4.98 Å². The number of pyridine rings is 1. The van der Waals surface area contributed by atoms with Gasteiger partial charge in [0.2, 0.25) is 0 Å². The van der Waals surface area contributed by atoms with Gasteiger partial charge in [0.05, 0.1) is 0 Å². The van der Waals surface area contributed by atoms with Crippen molar-refractivity contribution in [3.8, 4) is 0 Å². The Morgan fingerprint density at radius 2 is 2.00 bits per heavy atom. The molecule has 19 heavy (non-hydrogen) atoms. The van der Waals surface area contributed by atoms with E-state index >= 15 is 0 Å². The number of halogens is 3. The molecule has 0 aliphatic carbocycles. The van der Waals surface area contributed by atoms with Crippen LogP contribution in [-0.2, 0) is 0 Å². The van der Waals surface area contributed by atoms with Crippen molar-refractivity contribution in [2.45, 2.75) is 26.9 Å². The van der Waals surface area contributed by atoms with Gasteiger partial charge >= 0.3 is 12.1 Å². The van der Waals surface area contributed by atoms with Crippen LogP contribution < -0.4 is 4.90 Å². The predicted molar refractivity (Wildman–Crippen MR) is 64.6 cm³/mol. The lowest BCUT2D eigenvalue weighted by atomic mass is 10.1. The molecule has 0 unspecified atom stereocenters. The summed E-state index contributed by atoms with van der Waals surface area (Å²) in [7, 11) is 0. The number of carbonyl (C=O) groups is 1. The summed E-state index contributed by atoms with van der Waals surface area (Å²) < 4.78 is 37.5. The number of hydrogen-bond acceptors (Lipinski definition) is 3. The van der Waals surface area contributed by atoms with Gasteiger partial charge in [-0.3, -0.25) is 0 Å². The largest absolute Gasteiger partial charge is 0.478 e. The Hall–Kier alpha value is -1.79. The number of aromatic carboxylic acids is 1. The first-order valence-corrected chi connectivity index (χ1v) is 5.69. The number of anilines is 1. The number of aryl methyl sites for hydroxylation is 2. The Morgan fingerprint density at radius 1 is 1.42 bits per heavy atom. The molecule has 0 atom stereocenters. The average Bonchev–Trinajstić information content (AvgIpc) is 2.22. The SMILES string of the molecule is CCN(CC(F)(F)F)c1nc(C)cc(C)c1C(=O)O. The third-order valence-corrected chi connectivity index (χ3v) is 2.59. The molecule has 0 spiro atoms. The first-order valence-electron chi connectivity index (χ1n) is 5.69. The lowest BCUT2D eigenvalue weighted by Gasteiger charge is -2.25. The molecule has 106 valence electrons. The quantitative estimate of drug-likeness (QED) is 0.918. The second-order valence-corrected chi connectivity index (χ2v) is 4.21. The molecule has 0 aromatic carbocycles. The van der Waals surface area contributed by atoms with Crippen LogP contribution in [0.15, 0.2) is 6.07 Å². The maximum atomic E-state index is 12.5. The van der Waals surface area contributed by atoms with E-state index in [4.69, 9.17) is 5.11 Å². The number of alkyl halides is 3. The summed E-state index contributed by atoms with van der Waals surface area (Å²) in [5, 5.41) is 9.13. The molecule has 1 rings (SSSR count). The van der Waals surface area contributed by atoms with Gasteiger partial charge in [-0.15, -0.1) is 0 Å². The average molecular weight is 276 g/mol. The van der Waals surface area contributed by atoms with Gasteiger partial charge in [0.15, 0.2) is 0 Å². The molecule has 0 fully saturated rings. The van der Waals surface area contributed by atoms with Gasteiger partial charge < -0.3 is 10.0 Å². The number of carboxylic acid groups (broad SMARTS) is 1. The zero-order chi connectivity index (χ0) is 14.8. The smallest absolute Gasteiger partial charge is 0.405 e. The molecule has 4 nitrogen and oxygen atoms in total. The van der Waals surface area contributed by atoms with Crippen LogP contribution in [0.1, 0.15) is 28.5 Å². The third-order valence-electron chi connectivity index (χ3n) is 2.59. The zero-order valence-electron chi connectivity index (χ0n) is 10.9. The maximum absolute atomic E-state index is 12.5. The minimum atomic E-state index is -4.41. The topological polar surface area (TPSA) is 53.4 Å². The summed E-state index contributed by atoms with van der Waals surface area (Å²) in [6.45, 7) is 3.48. The molecule has 7 heteroatoms. The first kappa shape index (κ1) is 15.3. The normalized spacial score (nSPS) is 11.5. The van der Waals surface area contributed by atoms with Gasteiger partial charge in [-0.25, -0.2) is 9.78 Å². The van der Waals surface area contributed by atoms with Crippen molar-refractivity contribution in [2.24, 2.45) is 0 Å². The molecule has 0 radical (unpaired) electrons. The van der Waals surface area contributed by atoms with E-state index in [9.17, 15) is 18.0 Å². The van der Waals surface area contributed by atoms with Crippen molar-refractivity contribution < 1.29 is 23.1 Å². The predicted octanol–water partition coefficient (Wildman–Crippen LogP) is 2.79. The Labute approximate surface area is 108 Å². The van der Waals surface area contributed by atoms with Crippen LogP contribution in [0.3, 0.4) is 0 Å². The van der Waals surface area contributed by atoms with Crippen molar-refractivity contribution >= 4 is 11.8 Å². The number of carboxylic acids is 1. The molecule has 1 N–H and O–H groups in total. The minimum absolute atomic E-state index is 0.0235.